The molecule has 0 saturated heterocycles. The maximum atomic E-state index is 13.1. The van der Waals surface area contributed by atoms with Gasteiger partial charge in [0.2, 0.25) is 0 Å². The van der Waals surface area contributed by atoms with Gasteiger partial charge in [-0.05, 0) is 30.9 Å². The van der Waals surface area contributed by atoms with E-state index in [1.807, 2.05) is 0 Å². The van der Waals surface area contributed by atoms with Crippen LogP contribution in [0, 0.1) is 11.6 Å². The van der Waals surface area contributed by atoms with Crippen LogP contribution >= 0.6 is 0 Å². The predicted molar refractivity (Wildman–Crippen MR) is 44.3 cm³/mol. The second-order valence-electron chi connectivity index (χ2n) is 3.46. The smallest absolute Gasteiger partial charge is 0.129 e. The van der Waals surface area contributed by atoms with E-state index < -0.39 is 11.6 Å². The molecule has 1 aromatic carbocycles. The molecule has 1 fully saturated rings. The van der Waals surface area contributed by atoms with Gasteiger partial charge in [0, 0.05) is 5.56 Å². The number of hydrogen-bond donors (Lipinski definition) is 1. The van der Waals surface area contributed by atoms with Crippen LogP contribution in [0.25, 0.3) is 0 Å². The van der Waals surface area contributed by atoms with Crippen molar-refractivity contribution in [3.63, 3.8) is 0 Å². The van der Waals surface area contributed by atoms with Crippen molar-refractivity contribution in [2.75, 3.05) is 0 Å². The summed E-state index contributed by atoms with van der Waals surface area (Å²) in [7, 11) is 0. The molecule has 1 aromatic rings. The molecule has 0 spiro atoms. The largest absolute Gasteiger partial charge is 0.393 e. The summed E-state index contributed by atoms with van der Waals surface area (Å²) in [6, 6.07) is 3.86. The zero-order valence-corrected chi connectivity index (χ0v) is 7.00. The van der Waals surface area contributed by atoms with Crippen molar-refractivity contribution >= 4 is 0 Å². The lowest BCUT2D eigenvalue weighted by molar-refractivity contribution is 0.0721. The summed E-state index contributed by atoms with van der Waals surface area (Å²) in [6.45, 7) is 0. The molecule has 0 aromatic heterocycles. The van der Waals surface area contributed by atoms with Crippen molar-refractivity contribution in [1.29, 1.82) is 0 Å². The average molecular weight is 184 g/mol. The molecule has 0 amide bonds. The van der Waals surface area contributed by atoms with Crippen molar-refractivity contribution in [2.24, 2.45) is 0 Å². The number of benzene rings is 1. The summed E-state index contributed by atoms with van der Waals surface area (Å²) in [5, 5.41) is 9.02. The minimum absolute atomic E-state index is 0.132. The lowest BCUT2D eigenvalue weighted by atomic mass is 9.77. The van der Waals surface area contributed by atoms with Gasteiger partial charge < -0.3 is 5.11 Å². The highest BCUT2D eigenvalue weighted by Gasteiger charge is 2.32. The lowest BCUT2D eigenvalue weighted by Crippen LogP contribution is -2.27. The summed E-state index contributed by atoms with van der Waals surface area (Å²) in [4.78, 5) is 0. The van der Waals surface area contributed by atoms with E-state index >= 15 is 0 Å². The van der Waals surface area contributed by atoms with Crippen molar-refractivity contribution in [3.8, 4) is 0 Å². The molecule has 0 atom stereocenters. The lowest BCUT2D eigenvalue weighted by Gasteiger charge is -2.31. The van der Waals surface area contributed by atoms with E-state index in [2.05, 4.69) is 0 Å². The van der Waals surface area contributed by atoms with Gasteiger partial charge >= 0.3 is 0 Å². The van der Waals surface area contributed by atoms with Gasteiger partial charge in [-0.25, -0.2) is 8.78 Å². The summed E-state index contributed by atoms with van der Waals surface area (Å²) >= 11 is 0. The number of rotatable bonds is 1. The molecule has 0 bridgehead atoms. The van der Waals surface area contributed by atoms with Crippen molar-refractivity contribution in [2.45, 2.75) is 24.9 Å². The van der Waals surface area contributed by atoms with Crippen molar-refractivity contribution < 1.29 is 13.9 Å². The molecule has 1 aliphatic rings. The van der Waals surface area contributed by atoms with Gasteiger partial charge in [-0.1, -0.05) is 6.07 Å². The minimum atomic E-state index is -0.503. The Bertz CT molecular complexity index is 298. The Labute approximate surface area is 75.0 Å². The molecule has 3 heteroatoms. The first-order chi connectivity index (χ1) is 6.18. The highest BCUT2D eigenvalue weighted by molar-refractivity contribution is 5.26. The molecular formula is C10H10F2O. The third kappa shape index (κ3) is 1.44. The number of hydrogen-bond acceptors (Lipinski definition) is 1. The van der Waals surface area contributed by atoms with Crippen LogP contribution in [-0.4, -0.2) is 11.2 Å². The van der Waals surface area contributed by atoms with Gasteiger partial charge in [-0.3, -0.25) is 0 Å². The summed E-state index contributed by atoms with van der Waals surface area (Å²) < 4.78 is 26.3. The topological polar surface area (TPSA) is 20.2 Å². The fraction of sp³-hybridized carbons (Fsp3) is 0.400. The molecule has 2 rings (SSSR count). The molecule has 1 aliphatic carbocycles. The van der Waals surface area contributed by atoms with Crippen LogP contribution in [0.2, 0.25) is 0 Å². The Hall–Kier alpha value is -0.960. The second kappa shape index (κ2) is 3.07. The normalized spacial score (nSPS) is 27.0. The van der Waals surface area contributed by atoms with Crippen LogP contribution in [0.5, 0.6) is 0 Å². The first-order valence-corrected chi connectivity index (χ1v) is 4.30. The maximum Gasteiger partial charge on any atom is 0.129 e. The van der Waals surface area contributed by atoms with Crippen LogP contribution in [0.1, 0.15) is 24.3 Å². The Kier molecular flexibility index (Phi) is 2.04. The minimum Gasteiger partial charge on any atom is -0.393 e. The molecule has 0 unspecified atom stereocenters. The van der Waals surface area contributed by atoms with Gasteiger partial charge in [0.25, 0.3) is 0 Å². The molecule has 1 N–H and O–H groups in total. The van der Waals surface area contributed by atoms with E-state index in [4.69, 9.17) is 5.11 Å². The maximum absolute atomic E-state index is 13.1. The van der Waals surface area contributed by atoms with Crippen LogP contribution in [0.15, 0.2) is 18.2 Å². The van der Waals surface area contributed by atoms with Gasteiger partial charge in [-0.2, -0.15) is 0 Å². The zero-order valence-electron chi connectivity index (χ0n) is 7.00. The van der Waals surface area contributed by atoms with Gasteiger partial charge in [0.1, 0.15) is 11.6 Å². The quantitative estimate of drug-likeness (QED) is 0.709. The molecule has 0 radical (unpaired) electrons. The van der Waals surface area contributed by atoms with Gasteiger partial charge in [-0.15, -0.1) is 0 Å². The van der Waals surface area contributed by atoms with E-state index in [1.165, 1.54) is 18.2 Å². The molecular weight excluding hydrogens is 174 g/mol. The van der Waals surface area contributed by atoms with Crippen molar-refractivity contribution in [1.82, 2.24) is 0 Å². The van der Waals surface area contributed by atoms with Crippen LogP contribution in [0.4, 0.5) is 8.78 Å². The summed E-state index contributed by atoms with van der Waals surface area (Å²) in [5.74, 6) is -1.15. The molecule has 1 nitrogen and oxygen atoms in total. The van der Waals surface area contributed by atoms with Crippen LogP contribution in [0.3, 0.4) is 0 Å². The molecule has 0 aliphatic heterocycles. The Balaban J connectivity index is 2.29. The monoisotopic (exact) mass is 184 g/mol. The third-order valence-electron chi connectivity index (χ3n) is 2.52. The van der Waals surface area contributed by atoms with Gasteiger partial charge in [0.05, 0.1) is 6.10 Å². The fourth-order valence-electron chi connectivity index (χ4n) is 1.72. The number of aliphatic hydroxyl groups is 1. The third-order valence-corrected chi connectivity index (χ3v) is 2.52. The van der Waals surface area contributed by atoms with E-state index in [0.717, 1.165) is 0 Å². The summed E-state index contributed by atoms with van der Waals surface area (Å²) in [5.41, 5.74) is 0.132. The van der Waals surface area contributed by atoms with E-state index in [1.54, 1.807) is 0 Å². The van der Waals surface area contributed by atoms with Gasteiger partial charge in [0.15, 0.2) is 0 Å². The van der Waals surface area contributed by atoms with E-state index in [-0.39, 0.29) is 17.6 Å². The van der Waals surface area contributed by atoms with Crippen LogP contribution < -0.4 is 0 Å². The molecule has 70 valence electrons. The zero-order chi connectivity index (χ0) is 9.42. The van der Waals surface area contributed by atoms with E-state index in [9.17, 15) is 8.78 Å². The predicted octanol–water partition coefficient (Wildman–Crippen LogP) is 2.20. The SMILES string of the molecule is OC1CC(c2c(F)cccc2F)C1. The number of aliphatic hydroxyl groups excluding tert-OH is 1. The summed E-state index contributed by atoms with van der Waals surface area (Å²) in [6.07, 6.45) is 0.555. The number of halogens is 2. The molecule has 1 saturated carbocycles. The second-order valence-corrected chi connectivity index (χ2v) is 3.46. The molecule has 0 heterocycles. The first kappa shape index (κ1) is 8.63. The standard InChI is InChI=1S/C10H10F2O/c11-8-2-1-3-9(12)10(8)6-4-7(13)5-6/h1-3,6-7,13H,4-5H2. The fourth-order valence-corrected chi connectivity index (χ4v) is 1.72. The molecule has 13 heavy (non-hydrogen) atoms. The first-order valence-electron chi connectivity index (χ1n) is 4.30. The Morgan fingerprint density at radius 3 is 2.15 bits per heavy atom. The van der Waals surface area contributed by atoms with Crippen molar-refractivity contribution in [3.05, 3.63) is 35.4 Å². The average Bonchev–Trinajstić information content (AvgIpc) is 2.00. The Morgan fingerprint density at radius 2 is 1.69 bits per heavy atom. The van der Waals surface area contributed by atoms with Crippen LogP contribution in [-0.2, 0) is 0 Å². The Morgan fingerprint density at radius 1 is 1.15 bits per heavy atom. The highest BCUT2D eigenvalue weighted by Crippen LogP contribution is 2.38. The highest BCUT2D eigenvalue weighted by atomic mass is 19.1. The van der Waals surface area contributed by atoms with E-state index in [0.29, 0.717) is 12.8 Å².